The maximum absolute atomic E-state index is 13.0. The van der Waals surface area contributed by atoms with Gasteiger partial charge in [0.25, 0.3) is 11.8 Å². The summed E-state index contributed by atoms with van der Waals surface area (Å²) in [7, 11) is 3.94. The first-order valence-corrected chi connectivity index (χ1v) is 11.0. The number of piperidine rings is 1. The number of rotatable bonds is 5. The van der Waals surface area contributed by atoms with Crippen LogP contribution < -0.4 is 4.90 Å². The van der Waals surface area contributed by atoms with Crippen molar-refractivity contribution in [2.24, 2.45) is 0 Å². The van der Waals surface area contributed by atoms with Crippen molar-refractivity contribution in [1.82, 2.24) is 30.0 Å². The van der Waals surface area contributed by atoms with Gasteiger partial charge in [-0.05, 0) is 31.0 Å². The fourth-order valence-electron chi connectivity index (χ4n) is 4.02. The molecule has 1 aliphatic rings. The minimum Gasteiger partial charge on any atom is -0.378 e. The Kier molecular flexibility index (Phi) is 5.60. The lowest BCUT2D eigenvalue weighted by Crippen LogP contribution is -2.39. The van der Waals surface area contributed by atoms with Crippen LogP contribution in [0.1, 0.15) is 29.2 Å². The number of benzene rings is 2. The Bertz CT molecular complexity index is 1240. The van der Waals surface area contributed by atoms with Gasteiger partial charge in [0.05, 0.1) is 12.2 Å². The van der Waals surface area contributed by atoms with Crippen LogP contribution in [-0.2, 0) is 0 Å². The average molecular weight is 444 g/mol. The van der Waals surface area contributed by atoms with E-state index in [9.17, 15) is 4.79 Å². The van der Waals surface area contributed by atoms with E-state index >= 15 is 0 Å². The molecule has 33 heavy (non-hydrogen) atoms. The second-order valence-electron chi connectivity index (χ2n) is 8.34. The Morgan fingerprint density at radius 2 is 1.85 bits per heavy atom. The highest BCUT2D eigenvalue weighted by Crippen LogP contribution is 2.26. The molecule has 2 aromatic heterocycles. The number of hydrogen-bond acceptors (Lipinski definition) is 7. The Hall–Kier alpha value is -4.01. The molecule has 1 amide bonds. The first-order valence-electron chi connectivity index (χ1n) is 11.0. The molecule has 0 radical (unpaired) electrons. The van der Waals surface area contributed by atoms with Crippen molar-refractivity contribution in [3.05, 3.63) is 66.4 Å². The lowest BCUT2D eigenvalue weighted by Gasteiger charge is -2.32. The van der Waals surface area contributed by atoms with Gasteiger partial charge < -0.3 is 14.3 Å². The average Bonchev–Trinajstić information content (AvgIpc) is 3.54. The first kappa shape index (κ1) is 20.9. The van der Waals surface area contributed by atoms with Gasteiger partial charge in [-0.3, -0.25) is 4.79 Å². The molecule has 9 heteroatoms. The summed E-state index contributed by atoms with van der Waals surface area (Å²) in [6.45, 7) is 1.34. The number of carbonyl (C=O) groups excluding carboxylic acids is 1. The van der Waals surface area contributed by atoms with Crippen molar-refractivity contribution in [1.29, 1.82) is 0 Å². The number of likely N-dealkylation sites (tertiary alicyclic amines) is 1. The van der Waals surface area contributed by atoms with Gasteiger partial charge in [0.1, 0.15) is 0 Å². The molecular formula is C24H25N7O2. The van der Waals surface area contributed by atoms with E-state index in [0.717, 1.165) is 24.1 Å². The molecule has 0 N–H and O–H groups in total. The third-order valence-corrected chi connectivity index (χ3v) is 5.92. The molecule has 168 valence electrons. The smallest absolute Gasteiger partial charge is 0.280 e. The minimum atomic E-state index is 0.0655. The molecule has 0 aliphatic carbocycles. The molecule has 0 atom stereocenters. The van der Waals surface area contributed by atoms with Crippen LogP contribution in [0.4, 0.5) is 5.69 Å². The van der Waals surface area contributed by atoms with Gasteiger partial charge in [0, 0.05) is 44.0 Å². The van der Waals surface area contributed by atoms with E-state index in [1.165, 1.54) is 0 Å². The Morgan fingerprint density at radius 1 is 1.06 bits per heavy atom. The third kappa shape index (κ3) is 4.34. The van der Waals surface area contributed by atoms with Crippen molar-refractivity contribution in [3.8, 4) is 23.0 Å². The maximum atomic E-state index is 13.0. The summed E-state index contributed by atoms with van der Waals surface area (Å²) in [5, 5.41) is 12.6. The Labute approximate surface area is 191 Å². The molecule has 3 heterocycles. The van der Waals surface area contributed by atoms with E-state index in [1.807, 2.05) is 89.4 Å². The van der Waals surface area contributed by atoms with Crippen molar-refractivity contribution in [2.45, 2.75) is 18.9 Å². The normalized spacial score (nSPS) is 14.4. The zero-order valence-electron chi connectivity index (χ0n) is 18.6. The van der Waals surface area contributed by atoms with Gasteiger partial charge in [0.15, 0.2) is 5.69 Å². The quantitative estimate of drug-likeness (QED) is 0.466. The predicted octanol–water partition coefficient (Wildman–Crippen LogP) is 3.54. The second kappa shape index (κ2) is 8.85. The van der Waals surface area contributed by atoms with Crippen LogP contribution in [0, 0.1) is 0 Å². The largest absolute Gasteiger partial charge is 0.378 e. The van der Waals surface area contributed by atoms with Gasteiger partial charge in [0.2, 0.25) is 5.82 Å². The van der Waals surface area contributed by atoms with E-state index in [4.69, 9.17) is 4.52 Å². The summed E-state index contributed by atoms with van der Waals surface area (Å²) in [6.07, 6.45) is 3.45. The van der Waals surface area contributed by atoms with Crippen LogP contribution in [0.3, 0.4) is 0 Å². The molecule has 9 nitrogen and oxygen atoms in total. The first-order chi connectivity index (χ1) is 16.1. The Balaban J connectivity index is 1.23. The molecule has 0 bridgehead atoms. The lowest BCUT2D eigenvalue weighted by atomic mass is 10.0. The van der Waals surface area contributed by atoms with Gasteiger partial charge in [-0.25, -0.2) is 4.68 Å². The van der Waals surface area contributed by atoms with Crippen molar-refractivity contribution < 1.29 is 9.32 Å². The summed E-state index contributed by atoms with van der Waals surface area (Å²) in [6, 6.07) is 17.6. The summed E-state index contributed by atoms with van der Waals surface area (Å²) in [4.78, 5) is 21.3. The maximum Gasteiger partial charge on any atom is 0.280 e. The third-order valence-electron chi connectivity index (χ3n) is 5.92. The SMILES string of the molecule is CN(C)c1cccc(C(=O)N2CCC(n3cc(-c4nc(-c5ccccc5)no4)nn3)CC2)c1. The summed E-state index contributed by atoms with van der Waals surface area (Å²) in [5.41, 5.74) is 3.16. The summed E-state index contributed by atoms with van der Waals surface area (Å²) >= 11 is 0. The van der Waals surface area contributed by atoms with Crippen molar-refractivity contribution >= 4 is 11.6 Å². The van der Waals surface area contributed by atoms with Crippen LogP contribution in [0.15, 0.2) is 65.3 Å². The van der Waals surface area contributed by atoms with E-state index in [0.29, 0.717) is 36.1 Å². The fraction of sp³-hybridized carbons (Fsp3) is 0.292. The zero-order chi connectivity index (χ0) is 22.8. The molecule has 1 saturated heterocycles. The van der Waals surface area contributed by atoms with Crippen LogP contribution in [0.25, 0.3) is 23.0 Å². The van der Waals surface area contributed by atoms with Gasteiger partial charge in [-0.1, -0.05) is 46.8 Å². The van der Waals surface area contributed by atoms with Crippen LogP contribution >= 0.6 is 0 Å². The van der Waals surface area contributed by atoms with Crippen molar-refractivity contribution in [2.75, 3.05) is 32.1 Å². The van der Waals surface area contributed by atoms with E-state index in [1.54, 1.807) is 0 Å². The molecule has 0 unspecified atom stereocenters. The number of aromatic nitrogens is 5. The molecule has 0 spiro atoms. The molecule has 1 fully saturated rings. The van der Waals surface area contributed by atoms with Gasteiger partial charge in [-0.2, -0.15) is 4.98 Å². The van der Waals surface area contributed by atoms with E-state index < -0.39 is 0 Å². The number of nitrogens with zero attached hydrogens (tertiary/aromatic N) is 7. The highest BCUT2D eigenvalue weighted by molar-refractivity contribution is 5.95. The highest BCUT2D eigenvalue weighted by atomic mass is 16.5. The van der Waals surface area contributed by atoms with Gasteiger partial charge in [-0.15, -0.1) is 5.10 Å². The molecular weight excluding hydrogens is 418 g/mol. The highest BCUT2D eigenvalue weighted by Gasteiger charge is 2.26. The Morgan fingerprint density at radius 3 is 2.61 bits per heavy atom. The van der Waals surface area contributed by atoms with Crippen LogP contribution in [0.5, 0.6) is 0 Å². The minimum absolute atomic E-state index is 0.0655. The molecule has 2 aromatic carbocycles. The summed E-state index contributed by atoms with van der Waals surface area (Å²) in [5.74, 6) is 0.925. The number of hydrogen-bond donors (Lipinski definition) is 0. The molecule has 1 aliphatic heterocycles. The zero-order valence-corrected chi connectivity index (χ0v) is 18.6. The molecule has 4 aromatic rings. The lowest BCUT2D eigenvalue weighted by molar-refractivity contribution is 0.0689. The number of anilines is 1. The topological polar surface area (TPSA) is 93.2 Å². The second-order valence-corrected chi connectivity index (χ2v) is 8.34. The van der Waals surface area contributed by atoms with Gasteiger partial charge >= 0.3 is 0 Å². The van der Waals surface area contributed by atoms with Crippen LogP contribution in [0.2, 0.25) is 0 Å². The monoisotopic (exact) mass is 443 g/mol. The molecule has 5 rings (SSSR count). The van der Waals surface area contributed by atoms with Crippen molar-refractivity contribution in [3.63, 3.8) is 0 Å². The molecule has 0 saturated carbocycles. The van der Waals surface area contributed by atoms with Crippen LogP contribution in [-0.4, -0.2) is 63.1 Å². The van der Waals surface area contributed by atoms with E-state index in [-0.39, 0.29) is 11.9 Å². The standard InChI is InChI=1S/C24H25N7O2/c1-29(2)20-10-6-9-18(15-20)24(32)30-13-11-19(12-14-30)31-16-21(26-28-31)23-25-22(27-33-23)17-7-4-3-5-8-17/h3-10,15-16,19H,11-14H2,1-2H3. The fourth-order valence-corrected chi connectivity index (χ4v) is 4.02. The summed E-state index contributed by atoms with van der Waals surface area (Å²) < 4.78 is 7.24. The van der Waals surface area contributed by atoms with E-state index in [2.05, 4.69) is 20.5 Å². The number of carbonyl (C=O) groups is 1. The number of amides is 1. The predicted molar refractivity (Wildman–Crippen MR) is 124 cm³/mol.